The van der Waals surface area contributed by atoms with Gasteiger partial charge >= 0.3 is 0 Å². The third-order valence-corrected chi connectivity index (χ3v) is 2.24. The number of amides is 1. The van der Waals surface area contributed by atoms with E-state index in [0.717, 1.165) is 12.0 Å². The lowest BCUT2D eigenvalue weighted by Crippen LogP contribution is -2.40. The van der Waals surface area contributed by atoms with Gasteiger partial charge in [0.1, 0.15) is 0 Å². The van der Waals surface area contributed by atoms with Gasteiger partial charge in [-0.25, -0.2) is 0 Å². The second kappa shape index (κ2) is 6.14. The normalized spacial score (nSPS) is 12.1. The number of rotatable bonds is 5. The van der Waals surface area contributed by atoms with Crippen LogP contribution in [0.3, 0.4) is 0 Å². The van der Waals surface area contributed by atoms with Gasteiger partial charge in [0.05, 0.1) is 6.04 Å². The maximum Gasteiger partial charge on any atom is 0.236 e. The maximum atomic E-state index is 11.3. The summed E-state index contributed by atoms with van der Waals surface area (Å²) in [5, 5.41) is 2.80. The number of hydrogen-bond acceptors (Lipinski definition) is 3. The van der Waals surface area contributed by atoms with Gasteiger partial charge in [-0.15, -0.1) is 0 Å². The lowest BCUT2D eigenvalue weighted by Gasteiger charge is -2.09. The van der Waals surface area contributed by atoms with E-state index in [1.165, 1.54) is 0 Å². The van der Waals surface area contributed by atoms with Crippen molar-refractivity contribution in [1.82, 2.24) is 10.3 Å². The van der Waals surface area contributed by atoms with Crippen LogP contribution >= 0.6 is 0 Å². The van der Waals surface area contributed by atoms with Gasteiger partial charge in [-0.1, -0.05) is 6.92 Å². The monoisotopic (exact) mass is 207 g/mol. The molecule has 4 heteroatoms. The summed E-state index contributed by atoms with van der Waals surface area (Å²) in [6.07, 6.45) is 4.97. The highest BCUT2D eigenvalue weighted by atomic mass is 16.2. The first-order valence-electron chi connectivity index (χ1n) is 5.16. The fourth-order valence-corrected chi connectivity index (χ4v) is 1.20. The zero-order valence-electron chi connectivity index (χ0n) is 8.94. The van der Waals surface area contributed by atoms with Gasteiger partial charge in [-0.2, -0.15) is 0 Å². The van der Waals surface area contributed by atoms with Crippen LogP contribution in [-0.4, -0.2) is 23.5 Å². The van der Waals surface area contributed by atoms with Crippen molar-refractivity contribution in [3.63, 3.8) is 0 Å². The molecule has 1 aromatic heterocycles. The standard InChI is InChI=1S/C11H17N3O/c1-2-10(12)11(15)14-8-5-9-3-6-13-7-4-9/h3-4,6-7,10H,2,5,8,12H2,1H3,(H,14,15). The third kappa shape index (κ3) is 4.08. The molecule has 1 amide bonds. The van der Waals surface area contributed by atoms with E-state index in [4.69, 9.17) is 5.73 Å². The van der Waals surface area contributed by atoms with Gasteiger partial charge in [0, 0.05) is 18.9 Å². The topological polar surface area (TPSA) is 68.0 Å². The SMILES string of the molecule is CCC(N)C(=O)NCCc1ccncc1. The summed E-state index contributed by atoms with van der Waals surface area (Å²) >= 11 is 0. The highest BCUT2D eigenvalue weighted by molar-refractivity contribution is 5.81. The van der Waals surface area contributed by atoms with Crippen molar-refractivity contribution in [3.8, 4) is 0 Å². The summed E-state index contributed by atoms with van der Waals surface area (Å²) in [5.41, 5.74) is 6.74. The summed E-state index contributed by atoms with van der Waals surface area (Å²) in [4.78, 5) is 15.2. The molecule has 1 atom stereocenters. The van der Waals surface area contributed by atoms with Crippen LogP contribution in [0, 0.1) is 0 Å². The van der Waals surface area contributed by atoms with E-state index in [9.17, 15) is 4.79 Å². The molecule has 82 valence electrons. The number of carbonyl (C=O) groups excluding carboxylic acids is 1. The number of pyridine rings is 1. The molecule has 1 unspecified atom stereocenters. The first kappa shape index (κ1) is 11.7. The van der Waals surface area contributed by atoms with Crippen LogP contribution in [0.15, 0.2) is 24.5 Å². The van der Waals surface area contributed by atoms with E-state index in [1.54, 1.807) is 12.4 Å². The second-order valence-electron chi connectivity index (χ2n) is 3.41. The number of nitrogens with one attached hydrogen (secondary N) is 1. The lowest BCUT2D eigenvalue weighted by molar-refractivity contribution is -0.122. The molecule has 0 radical (unpaired) electrons. The van der Waals surface area contributed by atoms with Gasteiger partial charge in [-0.3, -0.25) is 9.78 Å². The summed E-state index contributed by atoms with van der Waals surface area (Å²) in [7, 11) is 0. The molecule has 0 aliphatic heterocycles. The van der Waals surface area contributed by atoms with E-state index in [2.05, 4.69) is 10.3 Å². The van der Waals surface area contributed by atoms with Crippen LogP contribution in [0.2, 0.25) is 0 Å². The molecule has 0 fully saturated rings. The Hall–Kier alpha value is -1.42. The predicted octanol–water partition coefficient (Wildman–Crippen LogP) is 0.478. The second-order valence-corrected chi connectivity index (χ2v) is 3.41. The van der Waals surface area contributed by atoms with Crippen molar-refractivity contribution in [1.29, 1.82) is 0 Å². The largest absolute Gasteiger partial charge is 0.354 e. The van der Waals surface area contributed by atoms with E-state index in [-0.39, 0.29) is 11.9 Å². The molecule has 0 aliphatic carbocycles. The Morgan fingerprint density at radius 3 is 2.80 bits per heavy atom. The van der Waals surface area contributed by atoms with Crippen molar-refractivity contribution in [3.05, 3.63) is 30.1 Å². The average molecular weight is 207 g/mol. The molecule has 1 heterocycles. The van der Waals surface area contributed by atoms with Crippen LogP contribution < -0.4 is 11.1 Å². The number of hydrogen-bond donors (Lipinski definition) is 2. The Balaban J connectivity index is 2.25. The quantitative estimate of drug-likeness (QED) is 0.737. The number of aromatic nitrogens is 1. The van der Waals surface area contributed by atoms with E-state index in [1.807, 2.05) is 19.1 Å². The van der Waals surface area contributed by atoms with Crippen molar-refractivity contribution < 1.29 is 4.79 Å². The molecule has 0 saturated carbocycles. The van der Waals surface area contributed by atoms with Crippen molar-refractivity contribution in [2.24, 2.45) is 5.73 Å². The summed E-state index contributed by atoms with van der Waals surface area (Å²) < 4.78 is 0. The molecule has 0 saturated heterocycles. The van der Waals surface area contributed by atoms with Gasteiger partial charge in [0.15, 0.2) is 0 Å². The summed E-state index contributed by atoms with van der Waals surface area (Å²) in [5.74, 6) is -0.0773. The highest BCUT2D eigenvalue weighted by Gasteiger charge is 2.09. The Kier molecular flexibility index (Phi) is 4.77. The summed E-state index contributed by atoms with van der Waals surface area (Å²) in [6, 6.07) is 3.49. The zero-order valence-corrected chi connectivity index (χ0v) is 8.94. The summed E-state index contributed by atoms with van der Waals surface area (Å²) in [6.45, 7) is 2.52. The number of nitrogens with two attached hydrogens (primary N) is 1. The highest BCUT2D eigenvalue weighted by Crippen LogP contribution is 1.96. The van der Waals surface area contributed by atoms with E-state index < -0.39 is 0 Å². The molecular formula is C11H17N3O. The molecule has 15 heavy (non-hydrogen) atoms. The van der Waals surface area contributed by atoms with E-state index in [0.29, 0.717) is 13.0 Å². The number of nitrogens with zero attached hydrogens (tertiary/aromatic N) is 1. The first-order valence-corrected chi connectivity index (χ1v) is 5.16. The maximum absolute atomic E-state index is 11.3. The van der Waals surface area contributed by atoms with Gasteiger partial charge in [0.2, 0.25) is 5.91 Å². The van der Waals surface area contributed by atoms with Crippen molar-refractivity contribution >= 4 is 5.91 Å². The predicted molar refractivity (Wildman–Crippen MR) is 59.2 cm³/mol. The fraction of sp³-hybridized carbons (Fsp3) is 0.455. The molecule has 0 aliphatic rings. The molecule has 0 spiro atoms. The minimum atomic E-state index is -0.387. The minimum absolute atomic E-state index is 0.0773. The lowest BCUT2D eigenvalue weighted by atomic mass is 10.2. The smallest absolute Gasteiger partial charge is 0.236 e. The van der Waals surface area contributed by atoms with Crippen LogP contribution in [-0.2, 0) is 11.2 Å². The van der Waals surface area contributed by atoms with Crippen LogP contribution in [0.5, 0.6) is 0 Å². The van der Waals surface area contributed by atoms with Crippen LogP contribution in [0.4, 0.5) is 0 Å². The van der Waals surface area contributed by atoms with Gasteiger partial charge < -0.3 is 11.1 Å². The molecule has 1 rings (SSSR count). The van der Waals surface area contributed by atoms with Crippen LogP contribution in [0.1, 0.15) is 18.9 Å². The molecule has 4 nitrogen and oxygen atoms in total. The average Bonchev–Trinajstić information content (AvgIpc) is 2.29. The minimum Gasteiger partial charge on any atom is -0.354 e. The first-order chi connectivity index (χ1) is 7.24. The molecule has 0 bridgehead atoms. The van der Waals surface area contributed by atoms with Crippen LogP contribution in [0.25, 0.3) is 0 Å². The third-order valence-electron chi connectivity index (χ3n) is 2.24. The molecular weight excluding hydrogens is 190 g/mol. The van der Waals surface area contributed by atoms with Gasteiger partial charge in [-0.05, 0) is 30.5 Å². The van der Waals surface area contributed by atoms with Crippen molar-refractivity contribution in [2.45, 2.75) is 25.8 Å². The Bertz CT molecular complexity index is 300. The zero-order chi connectivity index (χ0) is 11.1. The fourth-order valence-electron chi connectivity index (χ4n) is 1.20. The Labute approximate surface area is 89.9 Å². The van der Waals surface area contributed by atoms with Gasteiger partial charge in [0.25, 0.3) is 0 Å². The molecule has 3 N–H and O–H groups in total. The molecule has 0 aromatic carbocycles. The molecule has 1 aromatic rings. The van der Waals surface area contributed by atoms with E-state index >= 15 is 0 Å². The Morgan fingerprint density at radius 1 is 1.53 bits per heavy atom. The number of carbonyl (C=O) groups is 1. The van der Waals surface area contributed by atoms with Crippen molar-refractivity contribution in [2.75, 3.05) is 6.54 Å². The Morgan fingerprint density at radius 2 is 2.20 bits per heavy atom.